The van der Waals surface area contributed by atoms with Gasteiger partial charge in [-0.15, -0.1) is 0 Å². The summed E-state index contributed by atoms with van der Waals surface area (Å²) in [5.74, 6) is -0.587. The lowest BCUT2D eigenvalue weighted by Gasteiger charge is -2.30. The number of thiocarbonyl (C=S) groups is 1. The summed E-state index contributed by atoms with van der Waals surface area (Å²) in [5.41, 5.74) is 0.107. The van der Waals surface area contributed by atoms with Crippen LogP contribution >= 0.6 is 23.8 Å². The van der Waals surface area contributed by atoms with Crippen LogP contribution < -0.4 is 15.0 Å². The molecule has 2 aliphatic rings. The SMILES string of the molecule is O=C1NC(=S)O/C1=C/c1ccc2c(c1)N(Cc1ccc(Cl)c(C(F)(F)F)c1)C(=O)CO2. The van der Waals surface area contributed by atoms with Crippen LogP contribution in [0.15, 0.2) is 42.2 Å². The minimum absolute atomic E-state index is 0.0212. The first-order valence-corrected chi connectivity index (χ1v) is 9.58. The van der Waals surface area contributed by atoms with Crippen molar-refractivity contribution < 1.29 is 32.2 Å². The zero-order valence-electron chi connectivity index (χ0n) is 15.5. The number of rotatable bonds is 3. The Hall–Kier alpha value is -3.11. The van der Waals surface area contributed by atoms with Crippen LogP contribution in [0.25, 0.3) is 6.08 Å². The van der Waals surface area contributed by atoms with Gasteiger partial charge in [0.05, 0.1) is 22.8 Å². The largest absolute Gasteiger partial charge is 0.482 e. The molecule has 0 aliphatic carbocycles. The van der Waals surface area contributed by atoms with Crippen LogP contribution in [-0.4, -0.2) is 23.6 Å². The molecule has 2 aromatic carbocycles. The number of anilines is 1. The molecule has 0 spiro atoms. The fourth-order valence-corrected chi connectivity index (χ4v) is 3.53. The molecule has 2 heterocycles. The number of hydrogen-bond acceptors (Lipinski definition) is 5. The number of halogens is 4. The average Bonchev–Trinajstić information content (AvgIpc) is 3.01. The smallest absolute Gasteiger partial charge is 0.417 e. The van der Waals surface area contributed by atoms with Gasteiger partial charge in [0.1, 0.15) is 5.75 Å². The van der Waals surface area contributed by atoms with Gasteiger partial charge in [0.2, 0.25) is 0 Å². The number of nitrogens with zero attached hydrogens (tertiary/aromatic N) is 1. The Labute approximate surface area is 184 Å². The quantitative estimate of drug-likeness (QED) is 0.543. The van der Waals surface area contributed by atoms with Gasteiger partial charge >= 0.3 is 6.18 Å². The van der Waals surface area contributed by atoms with Crippen molar-refractivity contribution in [1.29, 1.82) is 0 Å². The van der Waals surface area contributed by atoms with Crippen molar-refractivity contribution in [1.82, 2.24) is 5.32 Å². The van der Waals surface area contributed by atoms with Crippen LogP contribution in [0.5, 0.6) is 5.75 Å². The first kappa shape index (κ1) is 21.1. The van der Waals surface area contributed by atoms with Crippen LogP contribution in [0, 0.1) is 0 Å². The van der Waals surface area contributed by atoms with Crippen LogP contribution in [-0.2, 0) is 27.0 Å². The maximum Gasteiger partial charge on any atom is 0.417 e. The molecule has 31 heavy (non-hydrogen) atoms. The second-order valence-electron chi connectivity index (χ2n) is 6.66. The highest BCUT2D eigenvalue weighted by atomic mass is 35.5. The molecule has 4 rings (SSSR count). The molecule has 0 atom stereocenters. The van der Waals surface area contributed by atoms with Gasteiger partial charge in [0.15, 0.2) is 12.4 Å². The van der Waals surface area contributed by atoms with Crippen LogP contribution in [0.3, 0.4) is 0 Å². The van der Waals surface area contributed by atoms with Gasteiger partial charge in [-0.2, -0.15) is 13.2 Å². The van der Waals surface area contributed by atoms with Gasteiger partial charge in [-0.25, -0.2) is 0 Å². The summed E-state index contributed by atoms with van der Waals surface area (Å²) in [4.78, 5) is 25.6. The molecule has 2 aromatic rings. The van der Waals surface area contributed by atoms with Crippen molar-refractivity contribution >= 4 is 52.6 Å². The monoisotopic (exact) mass is 468 g/mol. The van der Waals surface area contributed by atoms with Crippen molar-refractivity contribution in [3.63, 3.8) is 0 Å². The fourth-order valence-electron chi connectivity index (χ4n) is 3.13. The van der Waals surface area contributed by atoms with E-state index in [1.165, 1.54) is 17.0 Å². The van der Waals surface area contributed by atoms with Crippen molar-refractivity contribution in [2.45, 2.75) is 12.7 Å². The lowest BCUT2D eigenvalue weighted by molar-refractivity contribution is -0.137. The summed E-state index contributed by atoms with van der Waals surface area (Å²) >= 11 is 10.5. The van der Waals surface area contributed by atoms with Crippen molar-refractivity contribution in [3.05, 3.63) is 63.9 Å². The Kier molecular flexibility index (Phi) is 5.36. The van der Waals surface area contributed by atoms with Crippen LogP contribution in [0.2, 0.25) is 5.02 Å². The van der Waals surface area contributed by atoms with E-state index in [-0.39, 0.29) is 29.6 Å². The van der Waals surface area contributed by atoms with E-state index in [1.54, 1.807) is 18.2 Å². The highest BCUT2D eigenvalue weighted by Crippen LogP contribution is 2.37. The van der Waals surface area contributed by atoms with E-state index in [9.17, 15) is 22.8 Å². The average molecular weight is 469 g/mol. The highest BCUT2D eigenvalue weighted by molar-refractivity contribution is 7.80. The van der Waals surface area contributed by atoms with Crippen LogP contribution in [0.1, 0.15) is 16.7 Å². The maximum atomic E-state index is 13.2. The van der Waals surface area contributed by atoms with E-state index in [2.05, 4.69) is 5.32 Å². The molecular formula is C20H12ClF3N2O4S. The standard InChI is InChI=1S/C20H12ClF3N2O4S/c21-13-3-1-11(5-12(13)20(22,23)24)8-26-14-6-10(2-4-15(14)29-9-17(26)27)7-16-18(28)25-19(31)30-16/h1-7H,8-9H2,(H,25,28,31)/b16-7+. The second kappa shape index (κ2) is 7.86. The highest BCUT2D eigenvalue weighted by Gasteiger charge is 2.34. The molecule has 0 aromatic heterocycles. The Balaban J connectivity index is 1.68. The molecule has 1 N–H and O–H groups in total. The van der Waals surface area contributed by atoms with Crippen molar-refractivity contribution in [2.75, 3.05) is 11.5 Å². The molecule has 0 radical (unpaired) electrons. The molecule has 2 amide bonds. The normalized spacial score (nSPS) is 17.4. The van der Waals surface area contributed by atoms with E-state index in [0.29, 0.717) is 17.0 Å². The Morgan fingerprint density at radius 1 is 1.19 bits per heavy atom. The number of fused-ring (bicyclic) bond motifs is 1. The van der Waals surface area contributed by atoms with E-state index in [4.69, 9.17) is 33.3 Å². The second-order valence-corrected chi connectivity index (χ2v) is 7.44. The van der Waals surface area contributed by atoms with Crippen LogP contribution in [0.4, 0.5) is 18.9 Å². The minimum Gasteiger partial charge on any atom is -0.482 e. The first-order chi connectivity index (χ1) is 14.6. The maximum absolute atomic E-state index is 13.2. The summed E-state index contributed by atoms with van der Waals surface area (Å²) in [6.45, 7) is -0.385. The third kappa shape index (κ3) is 4.35. The van der Waals surface area contributed by atoms with Gasteiger partial charge in [0.25, 0.3) is 17.0 Å². The van der Waals surface area contributed by atoms with Gasteiger partial charge in [0, 0.05) is 0 Å². The lowest BCUT2D eigenvalue weighted by atomic mass is 10.1. The van der Waals surface area contributed by atoms with E-state index < -0.39 is 28.6 Å². The lowest BCUT2D eigenvalue weighted by Crippen LogP contribution is -2.38. The number of carbonyl (C=O) groups excluding carboxylic acids is 2. The molecule has 160 valence electrons. The molecule has 0 saturated carbocycles. The van der Waals surface area contributed by atoms with E-state index in [1.807, 2.05) is 0 Å². The third-order valence-electron chi connectivity index (χ3n) is 4.54. The van der Waals surface area contributed by atoms with Gasteiger partial charge < -0.3 is 14.4 Å². The Bertz CT molecular complexity index is 1150. The van der Waals surface area contributed by atoms with Crippen molar-refractivity contribution in [3.8, 4) is 5.75 Å². The first-order valence-electron chi connectivity index (χ1n) is 8.79. The molecule has 11 heteroatoms. The van der Waals surface area contributed by atoms with Crippen molar-refractivity contribution in [2.24, 2.45) is 0 Å². The third-order valence-corrected chi connectivity index (χ3v) is 5.06. The molecule has 1 saturated heterocycles. The molecule has 1 fully saturated rings. The predicted molar refractivity (Wildman–Crippen MR) is 109 cm³/mol. The fraction of sp³-hybridized carbons (Fsp3) is 0.150. The van der Waals surface area contributed by atoms with Gasteiger partial charge in [-0.3, -0.25) is 14.9 Å². The zero-order chi connectivity index (χ0) is 22.3. The summed E-state index contributed by atoms with van der Waals surface area (Å²) < 4.78 is 50.1. The predicted octanol–water partition coefficient (Wildman–Crippen LogP) is 4.06. The number of nitrogens with one attached hydrogen (secondary N) is 1. The zero-order valence-corrected chi connectivity index (χ0v) is 17.0. The minimum atomic E-state index is -4.62. The molecule has 6 nitrogen and oxygen atoms in total. The topological polar surface area (TPSA) is 67.9 Å². The van der Waals surface area contributed by atoms with E-state index in [0.717, 1.165) is 12.1 Å². The molecule has 2 aliphatic heterocycles. The molecule has 0 bridgehead atoms. The Morgan fingerprint density at radius 3 is 2.65 bits per heavy atom. The number of alkyl halides is 3. The van der Waals surface area contributed by atoms with E-state index >= 15 is 0 Å². The number of ether oxygens (including phenoxy) is 2. The molecular weight excluding hydrogens is 457 g/mol. The summed E-state index contributed by atoms with van der Waals surface area (Å²) in [6, 6.07) is 8.28. The summed E-state index contributed by atoms with van der Waals surface area (Å²) in [5, 5.41) is 1.83. The van der Waals surface area contributed by atoms with Gasteiger partial charge in [-0.1, -0.05) is 23.7 Å². The summed E-state index contributed by atoms with van der Waals surface area (Å²) in [6.07, 6.45) is -3.20. The van der Waals surface area contributed by atoms with Gasteiger partial charge in [-0.05, 0) is 53.7 Å². The molecule has 0 unspecified atom stereocenters. The number of benzene rings is 2. The number of hydrogen-bond donors (Lipinski definition) is 1. The Morgan fingerprint density at radius 2 is 1.97 bits per heavy atom. The summed E-state index contributed by atoms with van der Waals surface area (Å²) in [7, 11) is 0. The number of carbonyl (C=O) groups is 2. The number of amides is 2.